The molecule has 1 unspecified atom stereocenters. The number of hydrogen-bond acceptors (Lipinski definition) is 10. The number of aliphatic hydroxyl groups excluding tert-OH is 1. The molecule has 12 heteroatoms. The van der Waals surface area contributed by atoms with Crippen molar-refractivity contribution in [2.45, 2.75) is 51.1 Å². The van der Waals surface area contributed by atoms with Gasteiger partial charge < -0.3 is 43.2 Å². The van der Waals surface area contributed by atoms with Crippen LogP contribution in [0.4, 0.5) is 0 Å². The van der Waals surface area contributed by atoms with Crippen molar-refractivity contribution in [2.24, 2.45) is 0 Å². The van der Waals surface area contributed by atoms with E-state index in [-0.39, 0.29) is 19.3 Å². The van der Waals surface area contributed by atoms with Gasteiger partial charge in [-0.2, -0.15) is 0 Å². The second kappa shape index (κ2) is 11.8. The maximum atomic E-state index is 14.3. The third-order valence-corrected chi connectivity index (χ3v) is 7.94. The molecule has 2 aromatic carbocycles. The Morgan fingerprint density at radius 1 is 1.38 bits per heavy atom. The Hall–Kier alpha value is -3.06. The predicted molar refractivity (Wildman–Crippen MR) is 152 cm³/mol. The summed E-state index contributed by atoms with van der Waals surface area (Å²) in [5.74, 6) is 2.70. The van der Waals surface area contributed by atoms with Crippen molar-refractivity contribution in [3.8, 4) is 28.7 Å². The quantitative estimate of drug-likeness (QED) is 0.237. The second-order valence-corrected chi connectivity index (χ2v) is 10.3. The van der Waals surface area contributed by atoms with E-state index in [1.54, 1.807) is 25.1 Å². The maximum Gasteiger partial charge on any atom is 0.241 e. The van der Waals surface area contributed by atoms with Crippen molar-refractivity contribution >= 4 is 24.9 Å². The van der Waals surface area contributed by atoms with Crippen LogP contribution < -0.4 is 28.4 Å². The maximum absolute atomic E-state index is 14.3. The number of aryl methyl sites for hydroxylation is 1. The molecule has 1 saturated heterocycles. The van der Waals surface area contributed by atoms with Crippen molar-refractivity contribution in [1.29, 1.82) is 1.34 Å². The third kappa shape index (κ3) is 4.87. The van der Waals surface area contributed by atoms with Crippen molar-refractivity contribution in [3.05, 3.63) is 52.6 Å². The van der Waals surface area contributed by atoms with Crippen molar-refractivity contribution in [1.82, 2.24) is 10.2 Å². The van der Waals surface area contributed by atoms with Gasteiger partial charge in [0, 0.05) is 23.1 Å². The molecule has 2 aromatic rings. The predicted octanol–water partition coefficient (Wildman–Crippen LogP) is 2.42. The molecule has 3 aliphatic heterocycles. The number of morpholine rings is 1. The Morgan fingerprint density at radius 3 is 2.90 bits per heavy atom. The lowest BCUT2D eigenvalue weighted by molar-refractivity contribution is -0.208. The Morgan fingerprint density at radius 2 is 2.17 bits per heavy atom. The number of rotatable bonds is 11. The van der Waals surface area contributed by atoms with Crippen LogP contribution in [0.3, 0.4) is 0 Å². The van der Waals surface area contributed by atoms with Gasteiger partial charge in [0.2, 0.25) is 19.8 Å². The molecule has 4 atom stereocenters. The Balaban J connectivity index is 1.51. The molecular formula is C28H34BN2O8S. The van der Waals surface area contributed by atoms with E-state index in [2.05, 4.69) is 11.9 Å². The standard InChI is InChI=1S/C28H34BN2O8S/c1-6-7-35-24-15(3)25-26(38-13-37-25)22-17(24)11-19-28(33)36-12-20(22)31(19)27(32)18(30-4)9-16-8-14(2)23(34-5)21(10-16)39-40-29/h6,8,10,18-20,28-30,33H,1,7,9,11-13H2,2-5H3/t18-,19-,20+,28?/m0/s1/i29T. The highest BCUT2D eigenvalue weighted by molar-refractivity contribution is 8.16. The van der Waals surface area contributed by atoms with Crippen molar-refractivity contribution in [3.63, 3.8) is 0 Å². The number of carbonyl (C=O) groups is 1. The zero-order valence-electron chi connectivity index (χ0n) is 24.0. The minimum Gasteiger partial charge on any atom is -0.493 e. The Bertz CT molecular complexity index is 1330. The molecule has 2 N–H and O–H groups in total. The van der Waals surface area contributed by atoms with E-state index >= 15 is 0 Å². The molecule has 3 heterocycles. The number of fused-ring (bicyclic) bond motifs is 6. The zero-order chi connectivity index (χ0) is 29.3. The highest BCUT2D eigenvalue weighted by Crippen LogP contribution is 2.54. The van der Waals surface area contributed by atoms with E-state index in [0.29, 0.717) is 48.2 Å². The number of ether oxygens (including phenoxy) is 5. The molecule has 1 radical (unpaired) electrons. The molecule has 10 nitrogen and oxygen atoms in total. The van der Waals surface area contributed by atoms with Crippen molar-refractivity contribution < 1.29 is 37.8 Å². The van der Waals surface area contributed by atoms with E-state index in [1.807, 2.05) is 26.0 Å². The average molecular weight is 571 g/mol. The topological polar surface area (TPSA) is 108 Å². The normalized spacial score (nSPS) is 21.7. The first-order valence-electron chi connectivity index (χ1n) is 13.6. The van der Waals surface area contributed by atoms with E-state index in [1.165, 1.54) is 0 Å². The lowest BCUT2D eigenvalue weighted by atomic mass is 9.83. The number of methoxy groups -OCH3 is 1. The average Bonchev–Trinajstić information content (AvgIpc) is 3.46. The lowest BCUT2D eigenvalue weighted by Gasteiger charge is -2.50. The fourth-order valence-electron chi connectivity index (χ4n) is 5.97. The number of hydrogen-bond donors (Lipinski definition) is 2. The van der Waals surface area contributed by atoms with E-state index in [4.69, 9.17) is 29.2 Å². The molecule has 0 spiro atoms. The van der Waals surface area contributed by atoms with Crippen LogP contribution in [-0.2, 0) is 22.4 Å². The van der Waals surface area contributed by atoms with Gasteiger partial charge in [0.15, 0.2) is 29.3 Å². The summed E-state index contributed by atoms with van der Waals surface area (Å²) < 4.78 is 42.0. The van der Waals surface area contributed by atoms with Gasteiger partial charge in [-0.15, -0.1) is 0 Å². The van der Waals surface area contributed by atoms with Crippen LogP contribution in [0.5, 0.6) is 28.7 Å². The number of nitrogens with one attached hydrogen (secondary N) is 1. The van der Waals surface area contributed by atoms with Gasteiger partial charge in [0.25, 0.3) is 0 Å². The van der Waals surface area contributed by atoms with Gasteiger partial charge in [-0.3, -0.25) is 4.79 Å². The molecule has 1 amide bonds. The Kier molecular flexibility index (Phi) is 8.02. The fraction of sp³-hybridized carbons (Fsp3) is 0.464. The van der Waals surface area contributed by atoms with E-state index in [9.17, 15) is 9.90 Å². The van der Waals surface area contributed by atoms with Gasteiger partial charge in [0.05, 0.1) is 31.8 Å². The number of amides is 1. The van der Waals surface area contributed by atoms with Gasteiger partial charge in [0.1, 0.15) is 12.4 Å². The SMILES string of the molecule is [3H][B]SOc1cc(C[C@H](NC)C(=O)N2[C@@H]3COC(O)[C@@H]2Cc2c(OCC=C)c(C)c4c(c23)OCO4)cc(C)c1OC. The van der Waals surface area contributed by atoms with Crippen LogP contribution in [0, 0.1) is 13.8 Å². The largest absolute Gasteiger partial charge is 0.493 e. The molecule has 0 aliphatic carbocycles. The number of likely N-dealkylation sites (N-methyl/N-ethyl adjacent to an activating group) is 1. The fourth-order valence-corrected chi connectivity index (χ4v) is 6.20. The minimum atomic E-state index is -1.17. The highest BCUT2D eigenvalue weighted by atomic mass is 32.2. The molecule has 1 fully saturated rings. The monoisotopic (exact) mass is 571 g/mol. The molecule has 0 saturated carbocycles. The minimum absolute atomic E-state index is 0.0672. The summed E-state index contributed by atoms with van der Waals surface area (Å²) in [5.41, 5.74) is 4.17. The van der Waals surface area contributed by atoms with Crippen LogP contribution in [-0.4, -0.2) is 76.9 Å². The molecule has 5 rings (SSSR count). The first kappa shape index (κ1) is 27.1. The zero-order valence-corrected chi connectivity index (χ0v) is 23.8. The van der Waals surface area contributed by atoms with Crippen molar-refractivity contribution in [2.75, 3.05) is 34.2 Å². The number of carbonyl (C=O) groups excluding carboxylic acids is 1. The molecule has 2 bridgehead atoms. The number of nitrogens with zero attached hydrogens (tertiary/aromatic N) is 1. The molecule has 3 aliphatic rings. The van der Waals surface area contributed by atoms with Gasteiger partial charge in [-0.05, 0) is 57.7 Å². The lowest BCUT2D eigenvalue weighted by Crippen LogP contribution is -2.62. The summed E-state index contributed by atoms with van der Waals surface area (Å²) in [6, 6.07) is 2.00. The summed E-state index contributed by atoms with van der Waals surface area (Å²) in [7, 11) is 4.38. The van der Waals surface area contributed by atoms with Gasteiger partial charge >= 0.3 is 0 Å². The van der Waals surface area contributed by atoms with E-state index in [0.717, 1.165) is 46.8 Å². The number of benzene rings is 2. The van der Waals surface area contributed by atoms with Crippen LogP contribution in [0.25, 0.3) is 0 Å². The molecule has 213 valence electrons. The van der Waals surface area contributed by atoms with Gasteiger partial charge in [-0.1, -0.05) is 18.7 Å². The van der Waals surface area contributed by atoms with E-state index < -0.39 is 24.4 Å². The number of aliphatic hydroxyl groups is 1. The smallest absolute Gasteiger partial charge is 0.241 e. The summed E-state index contributed by atoms with van der Waals surface area (Å²) in [6.45, 7) is 8.04. The summed E-state index contributed by atoms with van der Waals surface area (Å²) in [4.78, 5) is 16.0. The van der Waals surface area contributed by atoms with Crippen LogP contribution in [0.15, 0.2) is 24.8 Å². The van der Waals surface area contributed by atoms with Crippen LogP contribution in [0.1, 0.15) is 33.9 Å². The third-order valence-electron chi connectivity index (χ3n) is 7.66. The first-order valence-corrected chi connectivity index (χ1v) is 13.8. The second-order valence-electron chi connectivity index (χ2n) is 9.94. The van der Waals surface area contributed by atoms with Crippen LogP contribution in [0.2, 0.25) is 0 Å². The first-order chi connectivity index (χ1) is 19.8. The Labute approximate surface area is 240 Å². The summed E-state index contributed by atoms with van der Waals surface area (Å²) in [5, 5.41) is 14.1. The highest BCUT2D eigenvalue weighted by Gasteiger charge is 2.50. The van der Waals surface area contributed by atoms with Gasteiger partial charge in [-0.25, -0.2) is 0 Å². The molecular weight excluding hydrogens is 535 g/mol. The van der Waals surface area contributed by atoms with Crippen LogP contribution >= 0.6 is 11.9 Å². The molecule has 40 heavy (non-hydrogen) atoms. The summed E-state index contributed by atoms with van der Waals surface area (Å²) >= 11 is 0.875. The molecule has 0 aromatic heterocycles. The summed E-state index contributed by atoms with van der Waals surface area (Å²) in [6.07, 6.45) is 1.18.